The third-order valence-corrected chi connectivity index (χ3v) is 9.03. The zero-order valence-corrected chi connectivity index (χ0v) is 20.9. The van der Waals surface area contributed by atoms with Crippen molar-refractivity contribution < 1.29 is 24.3 Å². The quantitative estimate of drug-likeness (QED) is 0.359. The van der Waals surface area contributed by atoms with Crippen molar-refractivity contribution in [2.45, 2.75) is 32.2 Å². The van der Waals surface area contributed by atoms with Crippen LogP contribution in [0.25, 0.3) is 0 Å². The summed E-state index contributed by atoms with van der Waals surface area (Å²) in [4.78, 5) is 55.9. The lowest BCUT2D eigenvalue weighted by molar-refractivity contribution is -0.140. The number of aromatic hydroxyl groups is 1. The van der Waals surface area contributed by atoms with Crippen molar-refractivity contribution in [3.8, 4) is 5.75 Å². The Labute approximate surface area is 216 Å². The van der Waals surface area contributed by atoms with Crippen LogP contribution in [0.15, 0.2) is 70.2 Å². The fourth-order valence-corrected chi connectivity index (χ4v) is 7.24. The van der Waals surface area contributed by atoms with Crippen LogP contribution in [0.1, 0.15) is 36.1 Å². The van der Waals surface area contributed by atoms with Gasteiger partial charge < -0.3 is 5.11 Å². The van der Waals surface area contributed by atoms with E-state index in [1.807, 2.05) is 23.6 Å². The molecule has 36 heavy (non-hydrogen) atoms. The molecule has 1 fully saturated rings. The molecule has 2 aromatic rings. The lowest BCUT2D eigenvalue weighted by Crippen LogP contribution is -2.39. The van der Waals surface area contributed by atoms with E-state index in [0.717, 1.165) is 10.5 Å². The largest absolute Gasteiger partial charge is 0.508 e. The Balaban J connectivity index is 1.47. The van der Waals surface area contributed by atoms with E-state index in [4.69, 9.17) is 11.6 Å². The number of phenolic OH excluding ortho intramolecular Hbond substituents is 1. The van der Waals surface area contributed by atoms with E-state index in [1.54, 1.807) is 13.0 Å². The Bertz CT molecular complexity index is 1450. The summed E-state index contributed by atoms with van der Waals surface area (Å²) in [5, 5.41) is 12.1. The molecule has 4 atom stereocenters. The van der Waals surface area contributed by atoms with Crippen LogP contribution in [0.2, 0.25) is 5.02 Å². The molecule has 8 heteroatoms. The van der Waals surface area contributed by atoms with Gasteiger partial charge in [0, 0.05) is 32.5 Å². The molecule has 2 amide bonds. The van der Waals surface area contributed by atoms with Gasteiger partial charge in [0.25, 0.3) is 0 Å². The number of Topliss-reactive ketones (excluding diaryl/α,β-unsaturated/α-hetero) is 1. The minimum atomic E-state index is -0.622. The van der Waals surface area contributed by atoms with Crippen LogP contribution < -0.4 is 0 Å². The summed E-state index contributed by atoms with van der Waals surface area (Å²) >= 11 is 8.05. The van der Waals surface area contributed by atoms with Gasteiger partial charge in [0.1, 0.15) is 5.75 Å². The summed E-state index contributed by atoms with van der Waals surface area (Å²) in [6, 6.07) is 8.37. The molecule has 1 aromatic heterocycles. The molecule has 4 aliphatic rings. The molecule has 0 radical (unpaired) electrons. The first-order valence-corrected chi connectivity index (χ1v) is 13.1. The number of phenols is 1. The highest BCUT2D eigenvalue weighted by Gasteiger charge is 2.56. The summed E-state index contributed by atoms with van der Waals surface area (Å²) in [6.07, 6.45) is 3.94. The molecule has 1 saturated heterocycles. The van der Waals surface area contributed by atoms with Gasteiger partial charge in [0.2, 0.25) is 11.8 Å². The number of allylic oxidation sites excluding steroid dienone is 6. The van der Waals surface area contributed by atoms with E-state index < -0.39 is 23.7 Å². The molecule has 2 heterocycles. The number of hydrogen-bond donors (Lipinski definition) is 1. The Morgan fingerprint density at radius 1 is 1.11 bits per heavy atom. The second-order valence-electron chi connectivity index (χ2n) is 9.78. The second kappa shape index (κ2) is 8.39. The van der Waals surface area contributed by atoms with Gasteiger partial charge in [0.15, 0.2) is 11.6 Å². The number of benzene rings is 1. The van der Waals surface area contributed by atoms with Gasteiger partial charge in [-0.2, -0.15) is 0 Å². The molecule has 182 valence electrons. The molecular weight excluding hydrogens is 498 g/mol. The fraction of sp³-hybridized carbons (Fsp3) is 0.286. The van der Waals surface area contributed by atoms with Gasteiger partial charge in [-0.15, -0.1) is 11.3 Å². The van der Waals surface area contributed by atoms with Crippen molar-refractivity contribution in [3.05, 3.63) is 85.6 Å². The van der Waals surface area contributed by atoms with Crippen LogP contribution in [0.4, 0.5) is 0 Å². The van der Waals surface area contributed by atoms with Gasteiger partial charge in [-0.1, -0.05) is 35.4 Å². The maximum Gasteiger partial charge on any atom is 0.234 e. The molecule has 0 bridgehead atoms. The van der Waals surface area contributed by atoms with Crippen molar-refractivity contribution >= 4 is 46.3 Å². The number of carbonyl (C=O) groups excluding carboxylic acids is 4. The first kappa shape index (κ1) is 23.1. The summed E-state index contributed by atoms with van der Waals surface area (Å²) in [6.45, 7) is 1.86. The fourth-order valence-electron chi connectivity index (χ4n) is 6.27. The molecule has 6 rings (SSSR count). The maximum atomic E-state index is 13.7. The standard InChI is InChI=1S/C28H22ClNO5S/c1-13-9-22(32)25-20(26(13)33)11-19-16(23(25)17-5-4-14(31)10-21(17)29)6-7-18-24(19)28(35)30(27(18)34)12-15-3-2-8-36-15/h2-6,8-10,18-19,23-24,31H,7,11-12H2,1H3. The lowest BCUT2D eigenvalue weighted by atomic mass is 9.59. The number of amides is 2. The third-order valence-electron chi connectivity index (χ3n) is 7.84. The molecule has 0 saturated carbocycles. The number of imide groups is 1. The van der Waals surface area contributed by atoms with Crippen molar-refractivity contribution in [3.63, 3.8) is 0 Å². The number of nitrogens with zero attached hydrogens (tertiary/aromatic N) is 1. The van der Waals surface area contributed by atoms with Crippen molar-refractivity contribution in [2.75, 3.05) is 0 Å². The summed E-state index contributed by atoms with van der Waals surface area (Å²) in [5.41, 5.74) is 2.58. The van der Waals surface area contributed by atoms with Crippen molar-refractivity contribution in [1.29, 1.82) is 0 Å². The number of ketones is 2. The smallest absolute Gasteiger partial charge is 0.234 e. The normalized spacial score (nSPS) is 27.6. The Hall–Kier alpha value is -3.29. The average molecular weight is 520 g/mol. The second-order valence-corrected chi connectivity index (χ2v) is 11.2. The Morgan fingerprint density at radius 2 is 1.92 bits per heavy atom. The first-order chi connectivity index (χ1) is 17.3. The summed E-state index contributed by atoms with van der Waals surface area (Å²) in [7, 11) is 0. The predicted molar refractivity (Wildman–Crippen MR) is 134 cm³/mol. The molecule has 1 N–H and O–H groups in total. The van der Waals surface area contributed by atoms with E-state index in [2.05, 4.69) is 0 Å². The highest BCUT2D eigenvalue weighted by atomic mass is 35.5. The molecule has 1 aliphatic heterocycles. The van der Waals surface area contributed by atoms with E-state index in [1.165, 1.54) is 34.4 Å². The van der Waals surface area contributed by atoms with Crippen LogP contribution in [0, 0.1) is 17.8 Å². The number of carbonyl (C=O) groups is 4. The van der Waals surface area contributed by atoms with Gasteiger partial charge in [-0.25, -0.2) is 0 Å². The van der Waals surface area contributed by atoms with Crippen molar-refractivity contribution in [1.82, 2.24) is 4.90 Å². The zero-order chi connectivity index (χ0) is 25.3. The number of likely N-dealkylation sites (tertiary alicyclic amines) is 1. The number of fused-ring (bicyclic) bond motifs is 3. The zero-order valence-electron chi connectivity index (χ0n) is 19.4. The Morgan fingerprint density at radius 3 is 2.64 bits per heavy atom. The molecular formula is C28H22ClNO5S. The van der Waals surface area contributed by atoms with Crippen LogP contribution in [-0.2, 0) is 25.7 Å². The number of halogens is 1. The van der Waals surface area contributed by atoms with Crippen LogP contribution >= 0.6 is 22.9 Å². The summed E-state index contributed by atoms with van der Waals surface area (Å²) in [5.74, 6) is -2.98. The molecule has 1 aromatic carbocycles. The van der Waals surface area contributed by atoms with E-state index in [0.29, 0.717) is 28.7 Å². The highest BCUT2D eigenvalue weighted by molar-refractivity contribution is 7.09. The third kappa shape index (κ3) is 3.37. The van der Waals surface area contributed by atoms with E-state index >= 15 is 0 Å². The number of hydrogen-bond acceptors (Lipinski definition) is 6. The van der Waals surface area contributed by atoms with Gasteiger partial charge in [0.05, 0.1) is 18.4 Å². The minimum absolute atomic E-state index is 0.00873. The molecule has 4 unspecified atom stereocenters. The molecule has 0 spiro atoms. The van der Waals surface area contributed by atoms with Gasteiger partial charge in [-0.3, -0.25) is 24.1 Å². The van der Waals surface area contributed by atoms with E-state index in [9.17, 15) is 24.3 Å². The number of thiophene rings is 1. The average Bonchev–Trinajstić information content (AvgIpc) is 3.44. The first-order valence-electron chi connectivity index (χ1n) is 11.8. The lowest BCUT2D eigenvalue weighted by Gasteiger charge is -2.42. The SMILES string of the molecule is CC1=CC(=O)C2=C(CC3C(=CCC4C(=O)N(Cc5cccs5)C(=O)C43)C2c2ccc(O)cc2Cl)C1=O. The molecule has 6 nitrogen and oxygen atoms in total. The molecule has 3 aliphatic carbocycles. The van der Waals surface area contributed by atoms with Crippen LogP contribution in [0.3, 0.4) is 0 Å². The maximum absolute atomic E-state index is 13.7. The topological polar surface area (TPSA) is 91.8 Å². The monoisotopic (exact) mass is 519 g/mol. The van der Waals surface area contributed by atoms with Crippen LogP contribution in [0.5, 0.6) is 5.75 Å². The summed E-state index contributed by atoms with van der Waals surface area (Å²) < 4.78 is 0. The number of rotatable bonds is 3. The van der Waals surface area contributed by atoms with Gasteiger partial charge >= 0.3 is 0 Å². The minimum Gasteiger partial charge on any atom is -0.508 e. The van der Waals surface area contributed by atoms with Crippen LogP contribution in [-0.4, -0.2) is 33.4 Å². The van der Waals surface area contributed by atoms with Gasteiger partial charge in [-0.05, 0) is 60.9 Å². The predicted octanol–water partition coefficient (Wildman–Crippen LogP) is 4.74. The van der Waals surface area contributed by atoms with Crippen molar-refractivity contribution in [2.24, 2.45) is 17.8 Å². The highest BCUT2D eigenvalue weighted by Crippen LogP contribution is 2.56. The Kier molecular flexibility index (Phi) is 5.39. The van der Waals surface area contributed by atoms with E-state index in [-0.39, 0.29) is 47.1 Å².